The maximum atomic E-state index is 11.7. The summed E-state index contributed by atoms with van der Waals surface area (Å²) in [5.74, 6) is -0.465. The zero-order valence-electron chi connectivity index (χ0n) is 13.3. The summed E-state index contributed by atoms with van der Waals surface area (Å²) in [6.45, 7) is 6.73. The Kier molecular flexibility index (Phi) is 5.61. The monoisotopic (exact) mass is 318 g/mol. The van der Waals surface area contributed by atoms with Gasteiger partial charge in [0.15, 0.2) is 0 Å². The first-order valence-electron chi connectivity index (χ1n) is 7.52. The van der Waals surface area contributed by atoms with Crippen molar-refractivity contribution in [2.45, 2.75) is 39.5 Å². The van der Waals surface area contributed by atoms with Gasteiger partial charge in [-0.1, -0.05) is 19.1 Å². The molecule has 2 aromatic rings. The molecule has 0 spiro atoms. The van der Waals surface area contributed by atoms with Crippen LogP contribution in [0.4, 0.5) is 0 Å². The first-order valence-corrected chi connectivity index (χ1v) is 8.40. The van der Waals surface area contributed by atoms with E-state index in [9.17, 15) is 9.90 Å². The minimum atomic E-state index is -0.783. The summed E-state index contributed by atoms with van der Waals surface area (Å²) in [6, 6.07) is 7.73. The van der Waals surface area contributed by atoms with Gasteiger partial charge in [-0.3, -0.25) is 4.79 Å². The molecule has 0 saturated carbocycles. The Labute approximate surface area is 135 Å². The van der Waals surface area contributed by atoms with E-state index in [0.717, 1.165) is 33.7 Å². The standard InChI is InChI=1S/C18H22O3S/c1-4-8-21-16-6-5-14(10-13(16)3)15(18(19)20)11-17-12(2)7-9-22-17/h5-7,9-10,15H,4,8,11H2,1-3H3,(H,19,20). The number of carboxylic acid groups (broad SMARTS) is 1. The number of ether oxygens (including phenoxy) is 1. The Balaban J connectivity index is 2.23. The van der Waals surface area contributed by atoms with Gasteiger partial charge in [0.2, 0.25) is 0 Å². The summed E-state index contributed by atoms with van der Waals surface area (Å²) in [4.78, 5) is 12.8. The van der Waals surface area contributed by atoms with E-state index in [1.165, 1.54) is 0 Å². The Bertz CT molecular complexity index is 646. The third-order valence-electron chi connectivity index (χ3n) is 3.72. The molecule has 0 aliphatic rings. The van der Waals surface area contributed by atoms with Gasteiger partial charge >= 0.3 is 5.97 Å². The Hall–Kier alpha value is -1.81. The number of hydrogen-bond donors (Lipinski definition) is 1. The van der Waals surface area contributed by atoms with Crippen LogP contribution in [0.1, 0.15) is 40.8 Å². The molecule has 1 unspecified atom stereocenters. The van der Waals surface area contributed by atoms with Crippen LogP contribution in [0.25, 0.3) is 0 Å². The van der Waals surface area contributed by atoms with Gasteiger partial charge in [0.25, 0.3) is 0 Å². The van der Waals surface area contributed by atoms with Crippen LogP contribution in [0.3, 0.4) is 0 Å². The molecule has 4 heteroatoms. The zero-order valence-corrected chi connectivity index (χ0v) is 14.1. The fourth-order valence-corrected chi connectivity index (χ4v) is 3.36. The van der Waals surface area contributed by atoms with Crippen molar-refractivity contribution in [1.82, 2.24) is 0 Å². The second-order valence-electron chi connectivity index (χ2n) is 5.50. The van der Waals surface area contributed by atoms with E-state index in [0.29, 0.717) is 13.0 Å². The normalized spacial score (nSPS) is 12.1. The van der Waals surface area contributed by atoms with Crippen molar-refractivity contribution < 1.29 is 14.6 Å². The van der Waals surface area contributed by atoms with Gasteiger partial charge in [0.05, 0.1) is 12.5 Å². The first kappa shape index (κ1) is 16.6. The zero-order chi connectivity index (χ0) is 16.1. The molecule has 0 fully saturated rings. The second-order valence-corrected chi connectivity index (χ2v) is 6.50. The molecule has 0 bridgehead atoms. The second kappa shape index (κ2) is 7.45. The highest BCUT2D eigenvalue weighted by molar-refractivity contribution is 7.10. The van der Waals surface area contributed by atoms with Crippen LogP contribution in [-0.4, -0.2) is 17.7 Å². The summed E-state index contributed by atoms with van der Waals surface area (Å²) >= 11 is 1.62. The molecule has 1 atom stereocenters. The molecule has 118 valence electrons. The maximum Gasteiger partial charge on any atom is 0.311 e. The molecule has 1 aromatic carbocycles. The van der Waals surface area contributed by atoms with Crippen molar-refractivity contribution >= 4 is 17.3 Å². The number of aliphatic carboxylic acids is 1. The van der Waals surface area contributed by atoms with E-state index in [1.54, 1.807) is 11.3 Å². The van der Waals surface area contributed by atoms with Gasteiger partial charge in [-0.05, 0) is 60.9 Å². The number of thiophene rings is 1. The van der Waals surface area contributed by atoms with Crippen LogP contribution >= 0.6 is 11.3 Å². The van der Waals surface area contributed by atoms with Gasteiger partial charge in [-0.15, -0.1) is 11.3 Å². The van der Waals surface area contributed by atoms with E-state index >= 15 is 0 Å². The third-order valence-corrected chi connectivity index (χ3v) is 4.76. The highest BCUT2D eigenvalue weighted by Gasteiger charge is 2.22. The molecule has 0 amide bonds. The average molecular weight is 318 g/mol. The van der Waals surface area contributed by atoms with Crippen LogP contribution in [-0.2, 0) is 11.2 Å². The quantitative estimate of drug-likeness (QED) is 0.813. The minimum Gasteiger partial charge on any atom is -0.493 e. The highest BCUT2D eigenvalue weighted by atomic mass is 32.1. The number of benzene rings is 1. The first-order chi connectivity index (χ1) is 10.5. The Morgan fingerprint density at radius 1 is 1.27 bits per heavy atom. The molecular weight excluding hydrogens is 296 g/mol. The molecule has 0 aliphatic heterocycles. The molecule has 1 aromatic heterocycles. The number of hydrogen-bond acceptors (Lipinski definition) is 3. The summed E-state index contributed by atoms with van der Waals surface area (Å²) in [7, 11) is 0. The predicted molar refractivity (Wildman–Crippen MR) is 90.1 cm³/mol. The van der Waals surface area contributed by atoms with Crippen molar-refractivity contribution in [1.29, 1.82) is 0 Å². The van der Waals surface area contributed by atoms with Crippen LogP contribution in [0.15, 0.2) is 29.6 Å². The molecule has 1 heterocycles. The number of carbonyl (C=O) groups is 1. The SMILES string of the molecule is CCCOc1ccc(C(Cc2sccc2C)C(=O)O)cc1C. The molecule has 0 saturated heterocycles. The molecule has 0 aliphatic carbocycles. The van der Waals surface area contributed by atoms with Crippen LogP contribution in [0.5, 0.6) is 5.75 Å². The molecular formula is C18H22O3S. The van der Waals surface area contributed by atoms with E-state index in [1.807, 2.05) is 43.5 Å². The fraction of sp³-hybridized carbons (Fsp3) is 0.389. The molecule has 0 radical (unpaired) electrons. The minimum absolute atomic E-state index is 0.517. The van der Waals surface area contributed by atoms with Crippen molar-refractivity contribution in [3.05, 3.63) is 51.2 Å². The van der Waals surface area contributed by atoms with Crippen molar-refractivity contribution in [3.8, 4) is 5.75 Å². The van der Waals surface area contributed by atoms with Crippen LogP contribution in [0, 0.1) is 13.8 Å². The van der Waals surface area contributed by atoms with Crippen LogP contribution < -0.4 is 4.74 Å². The van der Waals surface area contributed by atoms with Gasteiger partial charge < -0.3 is 9.84 Å². The van der Waals surface area contributed by atoms with Gasteiger partial charge in [-0.2, -0.15) is 0 Å². The smallest absolute Gasteiger partial charge is 0.311 e. The average Bonchev–Trinajstić information content (AvgIpc) is 2.88. The molecule has 22 heavy (non-hydrogen) atoms. The Morgan fingerprint density at radius 3 is 2.59 bits per heavy atom. The summed E-state index contributed by atoms with van der Waals surface area (Å²) in [6.07, 6.45) is 1.49. The predicted octanol–water partition coefficient (Wildman–Crippen LogP) is 4.56. The van der Waals surface area contributed by atoms with Gasteiger partial charge in [-0.25, -0.2) is 0 Å². The molecule has 2 rings (SSSR count). The lowest BCUT2D eigenvalue weighted by Crippen LogP contribution is -2.14. The summed E-state index contributed by atoms with van der Waals surface area (Å²) in [5, 5.41) is 11.6. The van der Waals surface area contributed by atoms with Crippen molar-refractivity contribution in [2.75, 3.05) is 6.61 Å². The van der Waals surface area contributed by atoms with Gasteiger partial charge in [0.1, 0.15) is 5.75 Å². The van der Waals surface area contributed by atoms with Crippen molar-refractivity contribution in [3.63, 3.8) is 0 Å². The van der Waals surface area contributed by atoms with E-state index in [4.69, 9.17) is 4.74 Å². The number of carboxylic acids is 1. The Morgan fingerprint density at radius 2 is 2.05 bits per heavy atom. The number of aryl methyl sites for hydroxylation is 2. The topological polar surface area (TPSA) is 46.5 Å². The highest BCUT2D eigenvalue weighted by Crippen LogP contribution is 2.29. The lowest BCUT2D eigenvalue weighted by Gasteiger charge is -2.15. The van der Waals surface area contributed by atoms with E-state index in [-0.39, 0.29) is 0 Å². The largest absolute Gasteiger partial charge is 0.493 e. The molecule has 1 N–H and O–H groups in total. The lowest BCUT2D eigenvalue weighted by atomic mass is 9.93. The summed E-state index contributed by atoms with van der Waals surface area (Å²) in [5.41, 5.74) is 2.98. The summed E-state index contributed by atoms with van der Waals surface area (Å²) < 4.78 is 5.66. The van der Waals surface area contributed by atoms with Crippen LogP contribution in [0.2, 0.25) is 0 Å². The maximum absolute atomic E-state index is 11.7. The van der Waals surface area contributed by atoms with E-state index in [2.05, 4.69) is 6.92 Å². The molecule has 3 nitrogen and oxygen atoms in total. The van der Waals surface area contributed by atoms with Crippen molar-refractivity contribution in [2.24, 2.45) is 0 Å². The fourth-order valence-electron chi connectivity index (χ4n) is 2.41. The third kappa shape index (κ3) is 3.89. The van der Waals surface area contributed by atoms with E-state index < -0.39 is 11.9 Å². The van der Waals surface area contributed by atoms with Gasteiger partial charge in [0, 0.05) is 4.88 Å². The lowest BCUT2D eigenvalue weighted by molar-refractivity contribution is -0.138. The number of rotatable bonds is 7.